The molecule has 114 valence electrons. The summed E-state index contributed by atoms with van der Waals surface area (Å²) in [7, 11) is 0. The molecule has 0 aromatic heterocycles. The van der Waals surface area contributed by atoms with Crippen molar-refractivity contribution in [2.24, 2.45) is 11.7 Å². The van der Waals surface area contributed by atoms with Gasteiger partial charge >= 0.3 is 0 Å². The Labute approximate surface area is 125 Å². The Kier molecular flexibility index (Phi) is 5.75. The van der Waals surface area contributed by atoms with Crippen LogP contribution in [0.5, 0.6) is 0 Å². The molecule has 1 atom stereocenters. The monoisotopic (exact) mass is 289 g/mol. The first-order valence-electron chi connectivity index (χ1n) is 7.49. The van der Waals surface area contributed by atoms with Crippen LogP contribution in [-0.2, 0) is 16.0 Å². The lowest BCUT2D eigenvalue weighted by Gasteiger charge is -2.16. The van der Waals surface area contributed by atoms with Crippen molar-refractivity contribution in [2.45, 2.75) is 31.7 Å². The maximum atomic E-state index is 11.8. The Balaban J connectivity index is 1.62. The molecule has 1 aromatic rings. The van der Waals surface area contributed by atoms with E-state index in [2.05, 4.69) is 10.6 Å². The van der Waals surface area contributed by atoms with Gasteiger partial charge in [0.05, 0.1) is 6.42 Å². The lowest BCUT2D eigenvalue weighted by Crippen LogP contribution is -2.42. The summed E-state index contributed by atoms with van der Waals surface area (Å²) in [5, 5.41) is 5.70. The van der Waals surface area contributed by atoms with E-state index in [4.69, 9.17) is 5.73 Å². The van der Waals surface area contributed by atoms with Crippen molar-refractivity contribution in [2.75, 3.05) is 13.1 Å². The van der Waals surface area contributed by atoms with Gasteiger partial charge in [-0.05, 0) is 24.3 Å². The van der Waals surface area contributed by atoms with Crippen LogP contribution in [0.15, 0.2) is 30.3 Å². The number of hydrogen-bond donors (Lipinski definition) is 3. The van der Waals surface area contributed by atoms with Crippen LogP contribution < -0.4 is 16.4 Å². The quantitative estimate of drug-likeness (QED) is 0.655. The van der Waals surface area contributed by atoms with E-state index in [1.54, 1.807) is 0 Å². The molecule has 4 N–H and O–H groups in total. The summed E-state index contributed by atoms with van der Waals surface area (Å²) in [5.41, 5.74) is 6.61. The van der Waals surface area contributed by atoms with Gasteiger partial charge in [0.2, 0.25) is 11.8 Å². The van der Waals surface area contributed by atoms with Crippen LogP contribution in [-0.4, -0.2) is 30.9 Å². The van der Waals surface area contributed by atoms with Crippen LogP contribution in [0.4, 0.5) is 0 Å². The molecule has 1 unspecified atom stereocenters. The van der Waals surface area contributed by atoms with Crippen molar-refractivity contribution in [3.8, 4) is 0 Å². The van der Waals surface area contributed by atoms with Gasteiger partial charge in [-0.15, -0.1) is 0 Å². The minimum Gasteiger partial charge on any atom is -0.355 e. The molecule has 1 aromatic carbocycles. The van der Waals surface area contributed by atoms with Crippen molar-refractivity contribution < 1.29 is 9.59 Å². The van der Waals surface area contributed by atoms with Crippen LogP contribution in [0.1, 0.15) is 24.8 Å². The second-order valence-electron chi connectivity index (χ2n) is 5.51. The Morgan fingerprint density at radius 3 is 2.52 bits per heavy atom. The van der Waals surface area contributed by atoms with E-state index in [9.17, 15) is 9.59 Å². The molecule has 2 rings (SSSR count). The summed E-state index contributed by atoms with van der Waals surface area (Å²) in [5.74, 6) is 0.440. The van der Waals surface area contributed by atoms with E-state index in [-0.39, 0.29) is 17.9 Å². The van der Waals surface area contributed by atoms with Crippen LogP contribution in [0.2, 0.25) is 0 Å². The molecule has 0 saturated heterocycles. The van der Waals surface area contributed by atoms with E-state index in [1.807, 2.05) is 30.3 Å². The highest BCUT2D eigenvalue weighted by Crippen LogP contribution is 2.32. The van der Waals surface area contributed by atoms with E-state index >= 15 is 0 Å². The highest BCUT2D eigenvalue weighted by molar-refractivity contribution is 5.80. The number of amides is 2. The van der Waals surface area contributed by atoms with E-state index in [0.717, 1.165) is 18.4 Å². The largest absolute Gasteiger partial charge is 0.355 e. The van der Waals surface area contributed by atoms with Crippen LogP contribution in [0.25, 0.3) is 0 Å². The third kappa shape index (κ3) is 5.55. The van der Waals surface area contributed by atoms with E-state index < -0.39 is 0 Å². The predicted molar refractivity (Wildman–Crippen MR) is 81.5 cm³/mol. The fraction of sp³-hybridized carbons (Fsp3) is 0.500. The number of nitrogens with one attached hydrogen (secondary N) is 2. The summed E-state index contributed by atoms with van der Waals surface area (Å²) in [4.78, 5) is 23.5. The van der Waals surface area contributed by atoms with Crippen molar-refractivity contribution in [1.29, 1.82) is 0 Å². The molecule has 5 nitrogen and oxygen atoms in total. The number of benzene rings is 1. The third-order valence-corrected chi connectivity index (χ3v) is 3.67. The van der Waals surface area contributed by atoms with Gasteiger partial charge in [0, 0.05) is 25.6 Å². The van der Waals surface area contributed by atoms with Gasteiger partial charge < -0.3 is 16.4 Å². The summed E-state index contributed by atoms with van der Waals surface area (Å²) < 4.78 is 0. The van der Waals surface area contributed by atoms with Gasteiger partial charge in [-0.3, -0.25) is 9.59 Å². The predicted octanol–water partition coefficient (Wildman–Crippen LogP) is 0.589. The number of carbonyl (C=O) groups excluding carboxylic acids is 2. The summed E-state index contributed by atoms with van der Waals surface area (Å²) in [6, 6.07) is 9.64. The average Bonchev–Trinajstić information content (AvgIpc) is 3.30. The molecule has 21 heavy (non-hydrogen) atoms. The molecule has 1 aliphatic carbocycles. The number of nitrogens with two attached hydrogens (primary N) is 1. The van der Waals surface area contributed by atoms with Crippen LogP contribution in [0, 0.1) is 5.92 Å². The van der Waals surface area contributed by atoms with Gasteiger partial charge in [0.15, 0.2) is 0 Å². The average molecular weight is 289 g/mol. The topological polar surface area (TPSA) is 84.2 Å². The van der Waals surface area contributed by atoms with Crippen LogP contribution >= 0.6 is 0 Å². The fourth-order valence-electron chi connectivity index (χ4n) is 2.31. The Bertz CT molecular complexity index is 472. The highest BCUT2D eigenvalue weighted by atomic mass is 16.2. The Morgan fingerprint density at radius 2 is 1.90 bits per heavy atom. The number of rotatable bonds is 8. The third-order valence-electron chi connectivity index (χ3n) is 3.67. The number of carbonyl (C=O) groups is 2. The molecule has 0 radical (unpaired) electrons. The van der Waals surface area contributed by atoms with Crippen LogP contribution in [0.3, 0.4) is 0 Å². The summed E-state index contributed by atoms with van der Waals surface area (Å²) in [6.45, 7) is 0.843. The SMILES string of the molecule is NCC(NC(=O)CCNC(=O)Cc1ccccc1)C1CC1. The Morgan fingerprint density at radius 1 is 1.19 bits per heavy atom. The normalized spacial score (nSPS) is 15.3. The first-order valence-corrected chi connectivity index (χ1v) is 7.49. The molecule has 5 heteroatoms. The second-order valence-corrected chi connectivity index (χ2v) is 5.51. The number of hydrogen-bond acceptors (Lipinski definition) is 3. The minimum atomic E-state index is -0.0634. The fourth-order valence-corrected chi connectivity index (χ4v) is 2.31. The van der Waals surface area contributed by atoms with Crippen molar-refractivity contribution in [3.05, 3.63) is 35.9 Å². The second kappa shape index (κ2) is 7.78. The lowest BCUT2D eigenvalue weighted by atomic mass is 10.1. The standard InChI is InChI=1S/C16H23N3O2/c17-11-14(13-6-7-13)19-15(20)8-9-18-16(21)10-12-4-2-1-3-5-12/h1-5,13-14H,6-11,17H2,(H,18,21)(H,19,20). The van der Waals surface area contributed by atoms with Gasteiger partial charge in [0.25, 0.3) is 0 Å². The molecule has 0 spiro atoms. The molecule has 2 amide bonds. The maximum Gasteiger partial charge on any atom is 0.224 e. The molecule has 1 fully saturated rings. The van der Waals surface area contributed by atoms with Crippen molar-refractivity contribution in [1.82, 2.24) is 10.6 Å². The molecular formula is C16H23N3O2. The summed E-state index contributed by atoms with van der Waals surface area (Å²) >= 11 is 0. The van der Waals surface area contributed by atoms with E-state index in [1.165, 1.54) is 0 Å². The zero-order chi connectivity index (χ0) is 15.1. The summed E-state index contributed by atoms with van der Waals surface area (Å²) in [6.07, 6.45) is 2.94. The smallest absolute Gasteiger partial charge is 0.224 e. The molecule has 0 heterocycles. The van der Waals surface area contributed by atoms with Gasteiger partial charge in [-0.25, -0.2) is 0 Å². The molecule has 1 aliphatic rings. The van der Waals surface area contributed by atoms with Crippen molar-refractivity contribution >= 4 is 11.8 Å². The van der Waals surface area contributed by atoms with E-state index in [0.29, 0.717) is 31.8 Å². The first kappa shape index (κ1) is 15.5. The van der Waals surface area contributed by atoms with Crippen molar-refractivity contribution in [3.63, 3.8) is 0 Å². The van der Waals surface area contributed by atoms with Gasteiger partial charge in [-0.2, -0.15) is 0 Å². The maximum absolute atomic E-state index is 11.8. The molecule has 0 aliphatic heterocycles. The minimum absolute atomic E-state index is 0.0441. The molecule has 1 saturated carbocycles. The first-order chi connectivity index (χ1) is 10.2. The molecule has 0 bridgehead atoms. The molecular weight excluding hydrogens is 266 g/mol. The Hall–Kier alpha value is -1.88. The van der Waals surface area contributed by atoms with Gasteiger partial charge in [0.1, 0.15) is 0 Å². The zero-order valence-corrected chi connectivity index (χ0v) is 12.2. The van der Waals surface area contributed by atoms with Gasteiger partial charge in [-0.1, -0.05) is 30.3 Å². The highest BCUT2D eigenvalue weighted by Gasteiger charge is 2.30. The lowest BCUT2D eigenvalue weighted by molar-refractivity contribution is -0.122. The zero-order valence-electron chi connectivity index (χ0n) is 12.2.